The summed E-state index contributed by atoms with van der Waals surface area (Å²) in [7, 11) is 0. The molecule has 0 saturated carbocycles. The number of nitrogens with two attached hydrogens (primary N) is 1. The van der Waals surface area contributed by atoms with Crippen LogP contribution in [0.4, 0.5) is 32.0 Å². The summed E-state index contributed by atoms with van der Waals surface area (Å²) in [6.45, 7) is 1.83. The third kappa shape index (κ3) is 4.13. The minimum absolute atomic E-state index is 0.0622. The van der Waals surface area contributed by atoms with Crippen molar-refractivity contribution in [2.45, 2.75) is 25.8 Å². The molecule has 2 aromatic carbocycles. The number of halogens is 6. The summed E-state index contributed by atoms with van der Waals surface area (Å²) in [5.41, 5.74) is 2.81. The van der Waals surface area contributed by atoms with Crippen LogP contribution in [0, 0.1) is 6.92 Å². The zero-order valence-corrected chi connectivity index (χ0v) is 14.8. The van der Waals surface area contributed by atoms with E-state index in [2.05, 4.69) is 5.10 Å². The van der Waals surface area contributed by atoms with Gasteiger partial charge in [-0.3, -0.25) is 4.57 Å². The quantitative estimate of drug-likeness (QED) is 0.518. The number of hydrogen-bond donors (Lipinski definition) is 1. The first kappa shape index (κ1) is 20.5. The number of aromatic nitrogens is 3. The first-order valence-corrected chi connectivity index (χ1v) is 8.16. The van der Waals surface area contributed by atoms with Crippen molar-refractivity contribution in [3.8, 4) is 5.69 Å². The topological polar surface area (TPSA) is 65.8 Å². The largest absolute Gasteiger partial charge is 0.417 e. The molecule has 0 amide bonds. The molecule has 0 radical (unpaired) electrons. The molecule has 0 spiro atoms. The minimum atomic E-state index is -5.26. The van der Waals surface area contributed by atoms with E-state index in [-0.39, 0.29) is 18.7 Å². The maximum atomic E-state index is 13.1. The van der Waals surface area contributed by atoms with Gasteiger partial charge in [0.05, 0.1) is 23.4 Å². The number of alkyl halides is 6. The molecule has 0 aliphatic carbocycles. The SMILES string of the molecule is Cc1cc(Cn2cnn(-c3ccc(C(F)(F)F)c(C(F)(F)F)c3)c2=O)ccc1N. The lowest BCUT2D eigenvalue weighted by molar-refractivity contribution is -0.162. The normalized spacial score (nSPS) is 12.4. The first-order valence-electron chi connectivity index (χ1n) is 8.16. The molecule has 0 fully saturated rings. The lowest BCUT2D eigenvalue weighted by Crippen LogP contribution is -2.25. The third-order valence-electron chi connectivity index (χ3n) is 4.28. The molecule has 0 aliphatic rings. The summed E-state index contributed by atoms with van der Waals surface area (Å²) < 4.78 is 79.8. The highest BCUT2D eigenvalue weighted by Crippen LogP contribution is 2.40. The Morgan fingerprint density at radius 2 is 1.62 bits per heavy atom. The zero-order valence-electron chi connectivity index (χ0n) is 14.8. The molecule has 0 saturated heterocycles. The number of rotatable bonds is 3. The molecule has 1 aromatic heterocycles. The fourth-order valence-electron chi connectivity index (χ4n) is 2.80. The van der Waals surface area contributed by atoms with Crippen LogP contribution in [-0.2, 0) is 18.9 Å². The van der Waals surface area contributed by atoms with Gasteiger partial charge in [-0.2, -0.15) is 36.1 Å². The molecule has 154 valence electrons. The van der Waals surface area contributed by atoms with Gasteiger partial charge in [0.2, 0.25) is 0 Å². The monoisotopic (exact) mass is 416 g/mol. The standard InChI is InChI=1S/C18H14F6N4O/c1-10-6-11(2-5-15(10)25)8-27-9-26-28(16(27)29)12-3-4-13(17(19,20)21)14(7-12)18(22,23)24/h2-7,9H,8,25H2,1H3. The van der Waals surface area contributed by atoms with E-state index >= 15 is 0 Å². The van der Waals surface area contributed by atoms with Gasteiger partial charge in [0.1, 0.15) is 6.33 Å². The molecule has 11 heteroatoms. The van der Waals surface area contributed by atoms with E-state index < -0.39 is 34.9 Å². The molecule has 0 bridgehead atoms. The Morgan fingerprint density at radius 1 is 0.966 bits per heavy atom. The van der Waals surface area contributed by atoms with Crippen molar-refractivity contribution in [1.29, 1.82) is 0 Å². The molecule has 1 heterocycles. The van der Waals surface area contributed by atoms with Crippen molar-refractivity contribution < 1.29 is 26.3 Å². The van der Waals surface area contributed by atoms with Gasteiger partial charge >= 0.3 is 18.0 Å². The number of nitrogen functional groups attached to an aromatic ring is 1. The minimum Gasteiger partial charge on any atom is -0.399 e. The second-order valence-electron chi connectivity index (χ2n) is 6.37. The second kappa shape index (κ2) is 6.98. The van der Waals surface area contributed by atoms with Crippen molar-refractivity contribution in [2.24, 2.45) is 0 Å². The molecule has 2 N–H and O–H groups in total. The highest BCUT2D eigenvalue weighted by Gasteiger charge is 2.43. The molecule has 3 rings (SSSR count). The van der Waals surface area contributed by atoms with Crippen molar-refractivity contribution in [2.75, 3.05) is 5.73 Å². The number of aryl methyl sites for hydroxylation is 1. The second-order valence-corrected chi connectivity index (χ2v) is 6.37. The fraction of sp³-hybridized carbons (Fsp3) is 0.222. The third-order valence-corrected chi connectivity index (χ3v) is 4.28. The van der Waals surface area contributed by atoms with Gasteiger partial charge in [0.25, 0.3) is 0 Å². The summed E-state index contributed by atoms with van der Waals surface area (Å²) in [4.78, 5) is 12.5. The van der Waals surface area contributed by atoms with Crippen molar-refractivity contribution in [3.05, 3.63) is 75.5 Å². The number of anilines is 1. The zero-order chi connectivity index (χ0) is 21.6. The van der Waals surface area contributed by atoms with Crippen LogP contribution in [0.3, 0.4) is 0 Å². The van der Waals surface area contributed by atoms with Crippen LogP contribution in [0.15, 0.2) is 47.5 Å². The van der Waals surface area contributed by atoms with Crippen LogP contribution in [0.2, 0.25) is 0 Å². The van der Waals surface area contributed by atoms with Gasteiger partial charge < -0.3 is 5.73 Å². The van der Waals surface area contributed by atoms with E-state index in [1.165, 1.54) is 0 Å². The van der Waals surface area contributed by atoms with E-state index in [0.29, 0.717) is 15.9 Å². The smallest absolute Gasteiger partial charge is 0.399 e. The van der Waals surface area contributed by atoms with Gasteiger partial charge in [-0.1, -0.05) is 12.1 Å². The van der Waals surface area contributed by atoms with Gasteiger partial charge in [0.15, 0.2) is 0 Å². The Morgan fingerprint density at radius 3 is 2.21 bits per heavy atom. The average Bonchev–Trinajstić information content (AvgIpc) is 2.97. The van der Waals surface area contributed by atoms with Gasteiger partial charge in [0, 0.05) is 5.69 Å². The molecule has 5 nitrogen and oxygen atoms in total. The van der Waals surface area contributed by atoms with E-state index in [4.69, 9.17) is 5.73 Å². The lowest BCUT2D eigenvalue weighted by atomic mass is 10.1. The maximum Gasteiger partial charge on any atom is 0.417 e. The molecule has 0 unspecified atom stereocenters. The Kier molecular flexibility index (Phi) is 4.93. The van der Waals surface area contributed by atoms with Gasteiger partial charge in [-0.05, 0) is 42.3 Å². The van der Waals surface area contributed by atoms with Crippen LogP contribution in [0.1, 0.15) is 22.3 Å². The number of nitrogens with zero attached hydrogens (tertiary/aromatic N) is 3. The molecule has 0 atom stereocenters. The van der Waals surface area contributed by atoms with Gasteiger partial charge in [-0.15, -0.1) is 0 Å². The van der Waals surface area contributed by atoms with Crippen LogP contribution >= 0.6 is 0 Å². The van der Waals surface area contributed by atoms with Crippen molar-refractivity contribution in [3.63, 3.8) is 0 Å². The molecule has 29 heavy (non-hydrogen) atoms. The number of benzene rings is 2. The molecule has 3 aromatic rings. The van der Waals surface area contributed by atoms with E-state index in [1.54, 1.807) is 25.1 Å². The Balaban J connectivity index is 2.02. The summed E-state index contributed by atoms with van der Waals surface area (Å²) in [5.74, 6) is 0. The number of hydrogen-bond acceptors (Lipinski definition) is 3. The van der Waals surface area contributed by atoms with Crippen molar-refractivity contribution in [1.82, 2.24) is 14.3 Å². The van der Waals surface area contributed by atoms with Crippen molar-refractivity contribution >= 4 is 5.69 Å². The van der Waals surface area contributed by atoms with E-state index in [1.807, 2.05) is 0 Å². The Bertz CT molecular complexity index is 1110. The van der Waals surface area contributed by atoms with E-state index in [0.717, 1.165) is 22.5 Å². The Hall–Kier alpha value is -3.24. The van der Waals surface area contributed by atoms with Crippen LogP contribution in [-0.4, -0.2) is 14.3 Å². The average molecular weight is 416 g/mol. The first-order chi connectivity index (χ1) is 13.4. The highest BCUT2D eigenvalue weighted by atomic mass is 19.4. The lowest BCUT2D eigenvalue weighted by Gasteiger charge is -2.16. The molecule has 0 aliphatic heterocycles. The summed E-state index contributed by atoms with van der Waals surface area (Å²) in [5, 5.41) is 3.73. The summed E-state index contributed by atoms with van der Waals surface area (Å²) >= 11 is 0. The summed E-state index contributed by atoms with van der Waals surface area (Å²) in [6.07, 6.45) is -9.35. The van der Waals surface area contributed by atoms with Crippen LogP contribution in [0.5, 0.6) is 0 Å². The molecular formula is C18H14F6N4O. The predicted molar refractivity (Wildman–Crippen MR) is 92.5 cm³/mol. The predicted octanol–water partition coefficient (Wildman–Crippen LogP) is 4.01. The molecular weight excluding hydrogens is 402 g/mol. The van der Waals surface area contributed by atoms with Crippen LogP contribution in [0.25, 0.3) is 5.69 Å². The summed E-state index contributed by atoms with van der Waals surface area (Å²) in [6, 6.07) is 6.36. The van der Waals surface area contributed by atoms with Crippen LogP contribution < -0.4 is 11.4 Å². The Labute approximate surface area is 160 Å². The fourth-order valence-corrected chi connectivity index (χ4v) is 2.80. The maximum absolute atomic E-state index is 13.1. The van der Waals surface area contributed by atoms with E-state index in [9.17, 15) is 31.1 Å². The highest BCUT2D eigenvalue weighted by molar-refractivity contribution is 5.47. The van der Waals surface area contributed by atoms with Gasteiger partial charge in [-0.25, -0.2) is 4.79 Å².